The van der Waals surface area contributed by atoms with Crippen LogP contribution in [0.3, 0.4) is 0 Å². The highest BCUT2D eigenvalue weighted by Gasteiger charge is 2.62. The highest BCUT2D eigenvalue weighted by Crippen LogP contribution is 2.50. The van der Waals surface area contributed by atoms with Gasteiger partial charge in [0.1, 0.15) is 11.1 Å². The third-order valence-corrected chi connectivity index (χ3v) is 4.80. The molecule has 0 spiro atoms. The van der Waals surface area contributed by atoms with Gasteiger partial charge in [-0.15, -0.1) is 0 Å². The van der Waals surface area contributed by atoms with Gasteiger partial charge >= 0.3 is 0 Å². The molecule has 1 saturated carbocycles. The summed E-state index contributed by atoms with van der Waals surface area (Å²) in [7, 11) is 1.38. The number of nitrogens with one attached hydrogen (secondary N) is 1. The van der Waals surface area contributed by atoms with Gasteiger partial charge in [0.25, 0.3) is 5.91 Å². The minimum Gasteiger partial charge on any atom is -0.480 e. The molecule has 1 fully saturated rings. The van der Waals surface area contributed by atoms with Crippen molar-refractivity contribution >= 4 is 17.5 Å². The monoisotopic (exact) mass is 336 g/mol. The van der Waals surface area contributed by atoms with E-state index in [-0.39, 0.29) is 23.5 Å². The van der Waals surface area contributed by atoms with Gasteiger partial charge in [0.2, 0.25) is 11.8 Å². The lowest BCUT2D eigenvalue weighted by Gasteiger charge is -2.57. The molecule has 0 aliphatic heterocycles. The Kier molecular flexibility index (Phi) is 4.82. The van der Waals surface area contributed by atoms with E-state index in [4.69, 9.17) is 20.9 Å². The van der Waals surface area contributed by atoms with Crippen molar-refractivity contribution in [1.29, 1.82) is 0 Å². The zero-order chi connectivity index (χ0) is 18.1. The number of pyridine rings is 1. The summed E-state index contributed by atoms with van der Waals surface area (Å²) in [4.78, 5) is 28.1. The molecule has 1 aromatic rings. The van der Waals surface area contributed by atoms with Crippen LogP contribution in [0, 0.1) is 5.41 Å². The number of aromatic nitrogens is 1. The summed E-state index contributed by atoms with van der Waals surface area (Å²) in [6.07, 6.45) is 1.73. The summed E-state index contributed by atoms with van der Waals surface area (Å²) < 4.78 is 10.6. The van der Waals surface area contributed by atoms with Gasteiger partial charge in [-0.25, -0.2) is 4.98 Å². The van der Waals surface area contributed by atoms with Crippen LogP contribution in [0.5, 0.6) is 5.88 Å². The average Bonchev–Trinajstić information content (AvgIpc) is 2.54. The Morgan fingerprint density at radius 2 is 2.12 bits per heavy atom. The molecule has 2 rings (SSSR count). The summed E-state index contributed by atoms with van der Waals surface area (Å²) in [5.41, 5.74) is 10.4. The molecule has 2 atom stereocenters. The van der Waals surface area contributed by atoms with Crippen molar-refractivity contribution in [2.75, 3.05) is 19.0 Å². The molecule has 2 unspecified atom stereocenters. The van der Waals surface area contributed by atoms with Gasteiger partial charge < -0.3 is 26.3 Å². The van der Waals surface area contributed by atoms with Gasteiger partial charge in [0.15, 0.2) is 0 Å². The number of methoxy groups -OCH3 is 1. The van der Waals surface area contributed by atoms with E-state index in [2.05, 4.69) is 10.3 Å². The molecule has 0 aromatic carbocycles. The Morgan fingerprint density at radius 1 is 1.46 bits per heavy atom. The molecule has 24 heavy (non-hydrogen) atoms. The number of anilines is 1. The van der Waals surface area contributed by atoms with Crippen LogP contribution in [0.4, 0.5) is 5.69 Å². The third-order valence-electron chi connectivity index (χ3n) is 4.80. The lowest BCUT2D eigenvalue weighted by Crippen LogP contribution is -2.74. The Bertz CT molecular complexity index is 661. The van der Waals surface area contributed by atoms with E-state index < -0.39 is 16.9 Å². The number of primary amides is 1. The summed E-state index contributed by atoms with van der Waals surface area (Å²) in [5, 5.41) is 2.70. The van der Waals surface area contributed by atoms with Crippen LogP contribution < -0.4 is 21.5 Å². The second-order valence-electron chi connectivity index (χ2n) is 6.44. The number of nitrogens with two attached hydrogens (primary N) is 2. The summed E-state index contributed by atoms with van der Waals surface area (Å²) in [5.74, 6) is -0.951. The fraction of sp³-hybridized carbons (Fsp3) is 0.562. The molecule has 132 valence electrons. The Labute approximate surface area is 140 Å². The van der Waals surface area contributed by atoms with Gasteiger partial charge in [0, 0.05) is 18.4 Å². The minimum atomic E-state index is -1.07. The molecule has 0 bridgehead atoms. The van der Waals surface area contributed by atoms with Crippen molar-refractivity contribution in [2.45, 2.75) is 38.8 Å². The Hall–Kier alpha value is -2.19. The Morgan fingerprint density at radius 3 is 2.62 bits per heavy atom. The molecule has 8 nitrogen and oxygen atoms in total. The first-order valence-electron chi connectivity index (χ1n) is 7.73. The van der Waals surface area contributed by atoms with Gasteiger partial charge in [0.05, 0.1) is 25.1 Å². The second kappa shape index (κ2) is 6.37. The number of hydrogen-bond acceptors (Lipinski definition) is 6. The maximum absolute atomic E-state index is 12.7. The summed E-state index contributed by atoms with van der Waals surface area (Å²) in [6.45, 7) is 6.27. The van der Waals surface area contributed by atoms with Crippen molar-refractivity contribution in [3.63, 3.8) is 0 Å². The van der Waals surface area contributed by atoms with E-state index in [9.17, 15) is 9.59 Å². The number of nitrogens with zero attached hydrogens (tertiary/aromatic N) is 1. The van der Waals surface area contributed by atoms with Gasteiger partial charge in [-0.3, -0.25) is 9.59 Å². The third kappa shape index (κ3) is 2.83. The zero-order valence-corrected chi connectivity index (χ0v) is 14.4. The topological polar surface area (TPSA) is 130 Å². The summed E-state index contributed by atoms with van der Waals surface area (Å²) >= 11 is 0. The number of carbonyl (C=O) groups is 2. The minimum absolute atomic E-state index is 0.0755. The van der Waals surface area contributed by atoms with Crippen LogP contribution in [0.1, 0.15) is 37.6 Å². The predicted molar refractivity (Wildman–Crippen MR) is 88.7 cm³/mol. The van der Waals surface area contributed by atoms with Crippen molar-refractivity contribution in [3.05, 3.63) is 17.8 Å². The van der Waals surface area contributed by atoms with E-state index in [1.54, 1.807) is 0 Å². The largest absolute Gasteiger partial charge is 0.480 e. The molecule has 1 heterocycles. The maximum atomic E-state index is 12.7. The zero-order valence-electron chi connectivity index (χ0n) is 14.4. The molecule has 5 N–H and O–H groups in total. The SMILES string of the molecule is CCOC1CC(N)(C(=O)Nc2cnc(OC)c(C(N)=O)c2)C1(C)C. The first-order chi connectivity index (χ1) is 11.2. The lowest BCUT2D eigenvalue weighted by atomic mass is 9.54. The molecule has 0 radical (unpaired) electrons. The van der Waals surface area contributed by atoms with Crippen LogP contribution in [-0.4, -0.2) is 42.2 Å². The predicted octanol–water partition coefficient (Wildman–Crippen LogP) is 0.660. The maximum Gasteiger partial charge on any atom is 0.254 e. The van der Waals surface area contributed by atoms with E-state index in [0.29, 0.717) is 18.7 Å². The van der Waals surface area contributed by atoms with Crippen LogP contribution in [0.25, 0.3) is 0 Å². The first kappa shape index (κ1) is 18.2. The standard InChI is InChI=1S/C16H24N4O4/c1-5-24-11-7-16(18,15(11,2)3)14(22)20-9-6-10(12(17)21)13(23-4)19-8-9/h6,8,11H,5,7,18H2,1-4H3,(H2,17,21)(H,20,22). The lowest BCUT2D eigenvalue weighted by molar-refractivity contribution is -0.166. The first-order valence-corrected chi connectivity index (χ1v) is 7.73. The second-order valence-corrected chi connectivity index (χ2v) is 6.44. The van der Waals surface area contributed by atoms with E-state index >= 15 is 0 Å². The van der Waals surface area contributed by atoms with Gasteiger partial charge in [-0.1, -0.05) is 13.8 Å². The molecule has 1 aromatic heterocycles. The van der Waals surface area contributed by atoms with Crippen LogP contribution in [0.2, 0.25) is 0 Å². The van der Waals surface area contributed by atoms with E-state index in [0.717, 1.165) is 0 Å². The van der Waals surface area contributed by atoms with Crippen molar-refractivity contribution < 1.29 is 19.1 Å². The van der Waals surface area contributed by atoms with Crippen molar-refractivity contribution in [2.24, 2.45) is 16.9 Å². The Balaban J connectivity index is 2.19. The smallest absolute Gasteiger partial charge is 0.254 e. The number of rotatable bonds is 6. The van der Waals surface area contributed by atoms with Gasteiger partial charge in [-0.05, 0) is 13.0 Å². The molecule has 8 heteroatoms. The van der Waals surface area contributed by atoms with E-state index in [1.807, 2.05) is 20.8 Å². The van der Waals surface area contributed by atoms with Crippen LogP contribution >= 0.6 is 0 Å². The number of hydrogen-bond donors (Lipinski definition) is 3. The van der Waals surface area contributed by atoms with Gasteiger partial charge in [-0.2, -0.15) is 0 Å². The fourth-order valence-corrected chi connectivity index (χ4v) is 2.92. The highest BCUT2D eigenvalue weighted by atomic mass is 16.5. The van der Waals surface area contributed by atoms with E-state index in [1.165, 1.54) is 19.4 Å². The van der Waals surface area contributed by atoms with Crippen molar-refractivity contribution in [1.82, 2.24) is 4.98 Å². The quantitative estimate of drug-likeness (QED) is 0.700. The molecule has 0 saturated heterocycles. The number of ether oxygens (including phenoxy) is 2. The molecule has 1 aliphatic rings. The molecular weight excluding hydrogens is 312 g/mol. The van der Waals surface area contributed by atoms with Crippen LogP contribution in [-0.2, 0) is 9.53 Å². The molecule has 1 aliphatic carbocycles. The summed E-state index contributed by atoms with van der Waals surface area (Å²) in [6, 6.07) is 1.42. The molecular formula is C16H24N4O4. The number of amides is 2. The average molecular weight is 336 g/mol. The van der Waals surface area contributed by atoms with Crippen molar-refractivity contribution in [3.8, 4) is 5.88 Å². The fourth-order valence-electron chi connectivity index (χ4n) is 2.92. The normalized spacial score (nSPS) is 24.8. The highest BCUT2D eigenvalue weighted by molar-refractivity contribution is 6.01. The molecule has 2 amide bonds. The number of carbonyl (C=O) groups excluding carboxylic acids is 2. The van der Waals surface area contributed by atoms with Crippen LogP contribution in [0.15, 0.2) is 12.3 Å².